The van der Waals surface area contributed by atoms with Gasteiger partial charge in [0.2, 0.25) is 0 Å². The number of aliphatic hydroxyl groups is 1. The van der Waals surface area contributed by atoms with Crippen LogP contribution in [-0.4, -0.2) is 35.7 Å². The van der Waals surface area contributed by atoms with E-state index in [0.29, 0.717) is 0 Å². The van der Waals surface area contributed by atoms with Gasteiger partial charge in [0.15, 0.2) is 0 Å². The van der Waals surface area contributed by atoms with Crippen molar-refractivity contribution in [1.29, 1.82) is 0 Å². The van der Waals surface area contributed by atoms with E-state index in [1.54, 1.807) is 0 Å². The molecule has 0 aromatic carbocycles. The predicted molar refractivity (Wildman–Crippen MR) is 55.7 cm³/mol. The van der Waals surface area contributed by atoms with Gasteiger partial charge in [-0.25, -0.2) is 0 Å². The number of hydrogen-bond donors (Lipinski definition) is 1. The summed E-state index contributed by atoms with van der Waals surface area (Å²) in [5.74, 6) is 0. The topological polar surface area (TPSA) is 23.5 Å². The van der Waals surface area contributed by atoms with Crippen molar-refractivity contribution < 1.29 is 5.11 Å². The van der Waals surface area contributed by atoms with Crippen LogP contribution in [0.2, 0.25) is 0 Å². The zero-order valence-electron chi connectivity index (χ0n) is 9.01. The Hall–Kier alpha value is -0.340. The van der Waals surface area contributed by atoms with Gasteiger partial charge in [-0.05, 0) is 26.7 Å². The molecule has 0 unspecified atom stereocenters. The van der Waals surface area contributed by atoms with Crippen LogP contribution in [-0.2, 0) is 0 Å². The first-order valence-electron chi connectivity index (χ1n) is 5.19. The summed E-state index contributed by atoms with van der Waals surface area (Å²) in [6.45, 7) is 9.43. The standard InChI is InChI=1S/C11H21NO/c1-4-11(13)8-12-6-5-9(2)10(3)7-12/h11,13H,4-8H2,1-3H3/t11-/m1/s1. The Morgan fingerprint density at radius 1 is 1.38 bits per heavy atom. The van der Waals surface area contributed by atoms with E-state index in [1.165, 1.54) is 17.6 Å². The maximum Gasteiger partial charge on any atom is 0.0664 e. The van der Waals surface area contributed by atoms with Gasteiger partial charge in [-0.15, -0.1) is 0 Å². The monoisotopic (exact) mass is 183 g/mol. The van der Waals surface area contributed by atoms with Crippen LogP contribution >= 0.6 is 0 Å². The van der Waals surface area contributed by atoms with E-state index in [9.17, 15) is 5.11 Å². The number of β-amino-alcohol motifs (C(OH)–C–C–N with tert-alkyl or cyclic N) is 1. The minimum absolute atomic E-state index is 0.147. The van der Waals surface area contributed by atoms with Gasteiger partial charge in [-0.2, -0.15) is 0 Å². The van der Waals surface area contributed by atoms with E-state index in [4.69, 9.17) is 0 Å². The van der Waals surface area contributed by atoms with E-state index >= 15 is 0 Å². The Bertz CT molecular complexity index is 198. The third kappa shape index (κ3) is 3.12. The lowest BCUT2D eigenvalue weighted by Gasteiger charge is -2.29. The predicted octanol–water partition coefficient (Wildman–Crippen LogP) is 1.80. The number of nitrogens with zero attached hydrogens (tertiary/aromatic N) is 1. The van der Waals surface area contributed by atoms with Crippen LogP contribution in [0.25, 0.3) is 0 Å². The van der Waals surface area contributed by atoms with Crippen molar-refractivity contribution in [2.75, 3.05) is 19.6 Å². The van der Waals surface area contributed by atoms with E-state index in [-0.39, 0.29) is 6.10 Å². The van der Waals surface area contributed by atoms with Crippen molar-refractivity contribution in [3.8, 4) is 0 Å². The van der Waals surface area contributed by atoms with Gasteiger partial charge < -0.3 is 5.11 Å². The normalized spacial score (nSPS) is 22.2. The van der Waals surface area contributed by atoms with Gasteiger partial charge in [0.25, 0.3) is 0 Å². The maximum atomic E-state index is 9.50. The number of rotatable bonds is 3. The average molecular weight is 183 g/mol. The van der Waals surface area contributed by atoms with Crippen LogP contribution in [0.1, 0.15) is 33.6 Å². The van der Waals surface area contributed by atoms with E-state index in [1.807, 2.05) is 6.92 Å². The zero-order valence-corrected chi connectivity index (χ0v) is 9.01. The Balaban J connectivity index is 2.40. The molecule has 0 aliphatic carbocycles. The highest BCUT2D eigenvalue weighted by Crippen LogP contribution is 2.16. The minimum atomic E-state index is -0.147. The molecule has 1 atom stereocenters. The molecule has 1 heterocycles. The molecule has 1 rings (SSSR count). The Morgan fingerprint density at radius 3 is 2.62 bits per heavy atom. The smallest absolute Gasteiger partial charge is 0.0664 e. The average Bonchev–Trinajstić information content (AvgIpc) is 2.11. The third-order valence-electron chi connectivity index (χ3n) is 2.93. The molecule has 0 saturated heterocycles. The summed E-state index contributed by atoms with van der Waals surface area (Å²) in [4.78, 5) is 2.34. The largest absolute Gasteiger partial charge is 0.392 e. The Labute approximate surface area is 81.2 Å². The lowest BCUT2D eigenvalue weighted by atomic mass is 10.0. The summed E-state index contributed by atoms with van der Waals surface area (Å²) < 4.78 is 0. The van der Waals surface area contributed by atoms with Crippen LogP contribution in [0, 0.1) is 0 Å². The molecule has 1 N–H and O–H groups in total. The van der Waals surface area contributed by atoms with Gasteiger partial charge >= 0.3 is 0 Å². The maximum absolute atomic E-state index is 9.50. The van der Waals surface area contributed by atoms with Crippen molar-refractivity contribution >= 4 is 0 Å². The highest BCUT2D eigenvalue weighted by atomic mass is 16.3. The van der Waals surface area contributed by atoms with Crippen LogP contribution in [0.3, 0.4) is 0 Å². The SMILES string of the molecule is CC[C@@H](O)CN1CCC(C)=C(C)C1. The molecular formula is C11H21NO. The molecule has 2 heteroatoms. The molecule has 76 valence electrons. The molecule has 2 nitrogen and oxygen atoms in total. The van der Waals surface area contributed by atoms with Gasteiger partial charge in [0.1, 0.15) is 0 Å². The van der Waals surface area contributed by atoms with Crippen LogP contribution in [0.5, 0.6) is 0 Å². The molecule has 13 heavy (non-hydrogen) atoms. The first-order chi connectivity index (χ1) is 6.13. The first kappa shape index (κ1) is 10.7. The summed E-state index contributed by atoms with van der Waals surface area (Å²) >= 11 is 0. The molecule has 0 amide bonds. The second kappa shape index (κ2) is 4.77. The minimum Gasteiger partial charge on any atom is -0.392 e. The van der Waals surface area contributed by atoms with Gasteiger partial charge in [-0.1, -0.05) is 18.1 Å². The summed E-state index contributed by atoms with van der Waals surface area (Å²) in [6, 6.07) is 0. The molecule has 0 aromatic rings. The highest BCUT2D eigenvalue weighted by molar-refractivity contribution is 5.14. The van der Waals surface area contributed by atoms with Gasteiger partial charge in [0.05, 0.1) is 6.10 Å². The molecule has 0 fully saturated rings. The second-order valence-electron chi connectivity index (χ2n) is 4.11. The molecule has 0 radical (unpaired) electrons. The fourth-order valence-electron chi connectivity index (χ4n) is 1.67. The van der Waals surface area contributed by atoms with Crippen LogP contribution in [0.15, 0.2) is 11.1 Å². The van der Waals surface area contributed by atoms with E-state index in [0.717, 1.165) is 26.1 Å². The van der Waals surface area contributed by atoms with E-state index < -0.39 is 0 Å². The molecule has 0 aromatic heterocycles. The molecule has 0 bridgehead atoms. The summed E-state index contributed by atoms with van der Waals surface area (Å²) in [5, 5.41) is 9.50. The molecule has 0 spiro atoms. The van der Waals surface area contributed by atoms with Crippen molar-refractivity contribution in [3.63, 3.8) is 0 Å². The fourth-order valence-corrected chi connectivity index (χ4v) is 1.67. The third-order valence-corrected chi connectivity index (χ3v) is 2.93. The fraction of sp³-hybridized carbons (Fsp3) is 0.818. The summed E-state index contributed by atoms with van der Waals surface area (Å²) in [7, 11) is 0. The van der Waals surface area contributed by atoms with Crippen LogP contribution in [0.4, 0.5) is 0 Å². The molecular weight excluding hydrogens is 162 g/mol. The first-order valence-corrected chi connectivity index (χ1v) is 5.19. The number of hydrogen-bond acceptors (Lipinski definition) is 2. The lowest BCUT2D eigenvalue weighted by Crippen LogP contribution is -2.36. The van der Waals surface area contributed by atoms with Crippen molar-refractivity contribution in [2.24, 2.45) is 0 Å². The van der Waals surface area contributed by atoms with Gasteiger partial charge in [-0.3, -0.25) is 4.90 Å². The lowest BCUT2D eigenvalue weighted by molar-refractivity contribution is 0.112. The molecule has 0 saturated carbocycles. The molecule has 1 aliphatic heterocycles. The van der Waals surface area contributed by atoms with Crippen molar-refractivity contribution in [3.05, 3.63) is 11.1 Å². The zero-order chi connectivity index (χ0) is 9.84. The Kier molecular flexibility index (Phi) is 3.94. The van der Waals surface area contributed by atoms with Crippen molar-refractivity contribution in [1.82, 2.24) is 4.90 Å². The summed E-state index contributed by atoms with van der Waals surface area (Å²) in [5.41, 5.74) is 3.01. The van der Waals surface area contributed by atoms with E-state index in [2.05, 4.69) is 18.7 Å². The highest BCUT2D eigenvalue weighted by Gasteiger charge is 2.15. The molecule has 1 aliphatic rings. The number of aliphatic hydroxyl groups excluding tert-OH is 1. The summed E-state index contributed by atoms with van der Waals surface area (Å²) in [6.07, 6.45) is 1.88. The second-order valence-corrected chi connectivity index (χ2v) is 4.11. The van der Waals surface area contributed by atoms with Gasteiger partial charge in [0, 0.05) is 19.6 Å². The van der Waals surface area contributed by atoms with Crippen molar-refractivity contribution in [2.45, 2.75) is 39.7 Å². The quantitative estimate of drug-likeness (QED) is 0.674. The Morgan fingerprint density at radius 2 is 2.08 bits per heavy atom. The van der Waals surface area contributed by atoms with Crippen LogP contribution < -0.4 is 0 Å².